The minimum atomic E-state index is -0.0641. The molecule has 0 bridgehead atoms. The molecule has 31 heavy (non-hydrogen) atoms. The predicted molar refractivity (Wildman–Crippen MR) is 116 cm³/mol. The van der Waals surface area contributed by atoms with E-state index in [1.807, 2.05) is 59.3 Å². The molecule has 3 aromatic heterocycles. The number of amides is 1. The molecule has 0 saturated carbocycles. The minimum Gasteiger partial charge on any atom is -0.487 e. The van der Waals surface area contributed by atoms with E-state index in [1.54, 1.807) is 0 Å². The first-order valence-corrected chi connectivity index (χ1v) is 10.5. The average Bonchev–Trinajstić information content (AvgIpc) is 3.39. The maximum Gasteiger partial charge on any atom is 0.226 e. The van der Waals surface area contributed by atoms with Gasteiger partial charge in [0.05, 0.1) is 5.69 Å². The van der Waals surface area contributed by atoms with Gasteiger partial charge in [0.15, 0.2) is 5.82 Å². The first-order chi connectivity index (χ1) is 15.2. The highest BCUT2D eigenvalue weighted by Gasteiger charge is 2.09. The summed E-state index contributed by atoms with van der Waals surface area (Å²) in [5.41, 5.74) is 2.41. The number of ether oxygens (including phenoxy) is 1. The third-order valence-electron chi connectivity index (χ3n) is 4.70. The number of nitrogens with zero attached hydrogens (tertiary/aromatic N) is 4. The van der Waals surface area contributed by atoms with Crippen LogP contribution in [0.2, 0.25) is 0 Å². The van der Waals surface area contributed by atoms with Gasteiger partial charge in [-0.05, 0) is 37.1 Å². The van der Waals surface area contributed by atoms with Gasteiger partial charge < -0.3 is 19.0 Å². The van der Waals surface area contributed by atoms with Crippen LogP contribution in [0.3, 0.4) is 0 Å². The van der Waals surface area contributed by atoms with Crippen molar-refractivity contribution >= 4 is 17.2 Å². The summed E-state index contributed by atoms with van der Waals surface area (Å²) < 4.78 is 13.0. The normalized spacial score (nSPS) is 11.0. The average molecular weight is 419 g/mol. The Morgan fingerprint density at radius 2 is 2.10 bits per heavy atom. The summed E-state index contributed by atoms with van der Waals surface area (Å²) in [6, 6.07) is 13.2. The molecule has 0 atom stereocenters. The summed E-state index contributed by atoms with van der Waals surface area (Å²) in [6.45, 7) is 2.42. The van der Waals surface area contributed by atoms with Crippen molar-refractivity contribution in [1.29, 1.82) is 0 Å². The quantitative estimate of drug-likeness (QED) is 0.414. The Kier molecular flexibility index (Phi) is 6.56. The van der Waals surface area contributed by atoms with Crippen molar-refractivity contribution in [2.45, 2.75) is 45.6 Å². The van der Waals surface area contributed by atoms with Crippen LogP contribution in [-0.2, 0) is 24.2 Å². The van der Waals surface area contributed by atoms with Crippen LogP contribution < -0.4 is 10.1 Å². The topological polar surface area (TPSA) is 94.5 Å². The fraction of sp³-hybridized carbons (Fsp3) is 0.304. The highest BCUT2D eigenvalue weighted by Crippen LogP contribution is 2.19. The van der Waals surface area contributed by atoms with Crippen LogP contribution in [0.15, 0.2) is 59.4 Å². The van der Waals surface area contributed by atoms with Crippen molar-refractivity contribution in [2.75, 3.05) is 5.32 Å². The largest absolute Gasteiger partial charge is 0.487 e. The highest BCUT2D eigenvalue weighted by molar-refractivity contribution is 5.90. The molecule has 0 saturated heterocycles. The fourth-order valence-corrected chi connectivity index (χ4v) is 3.22. The van der Waals surface area contributed by atoms with Crippen molar-refractivity contribution in [3.63, 3.8) is 0 Å². The second-order valence-corrected chi connectivity index (χ2v) is 7.27. The Morgan fingerprint density at radius 3 is 2.97 bits per heavy atom. The molecule has 0 unspecified atom stereocenters. The fourth-order valence-electron chi connectivity index (χ4n) is 3.22. The maximum absolute atomic E-state index is 12.3. The number of aromatic nitrogens is 4. The zero-order valence-corrected chi connectivity index (χ0v) is 17.5. The van der Waals surface area contributed by atoms with Crippen molar-refractivity contribution < 1.29 is 14.1 Å². The van der Waals surface area contributed by atoms with Crippen molar-refractivity contribution in [3.05, 3.63) is 72.3 Å². The van der Waals surface area contributed by atoms with E-state index in [2.05, 4.69) is 27.4 Å². The summed E-state index contributed by atoms with van der Waals surface area (Å²) in [6.07, 6.45) is 7.27. The Bertz CT molecular complexity index is 1120. The molecule has 4 aromatic rings. The molecule has 0 aliphatic carbocycles. The van der Waals surface area contributed by atoms with E-state index >= 15 is 0 Å². The Labute approximate surface area is 180 Å². The van der Waals surface area contributed by atoms with Crippen molar-refractivity contribution in [2.24, 2.45) is 0 Å². The Hall–Kier alpha value is -3.68. The number of imidazole rings is 1. The molecule has 8 nitrogen and oxygen atoms in total. The van der Waals surface area contributed by atoms with E-state index in [1.165, 1.54) is 0 Å². The number of carbonyl (C=O) groups is 1. The number of benzene rings is 1. The van der Waals surface area contributed by atoms with Crippen LogP contribution in [0, 0.1) is 0 Å². The van der Waals surface area contributed by atoms with E-state index in [9.17, 15) is 4.79 Å². The molecule has 0 aliphatic rings. The van der Waals surface area contributed by atoms with Crippen LogP contribution >= 0.6 is 0 Å². The zero-order valence-electron chi connectivity index (χ0n) is 17.5. The number of anilines is 1. The number of rotatable bonds is 10. The van der Waals surface area contributed by atoms with Crippen molar-refractivity contribution in [3.8, 4) is 5.75 Å². The van der Waals surface area contributed by atoms with Gasteiger partial charge in [0.1, 0.15) is 18.0 Å². The number of carbonyl (C=O) groups excluding carboxylic acids is 1. The monoisotopic (exact) mass is 419 g/mol. The number of pyridine rings is 1. The zero-order chi connectivity index (χ0) is 21.5. The van der Waals surface area contributed by atoms with Gasteiger partial charge in [0.25, 0.3) is 0 Å². The van der Waals surface area contributed by atoms with Crippen LogP contribution in [0.25, 0.3) is 5.65 Å². The third-order valence-corrected chi connectivity index (χ3v) is 4.70. The molecule has 1 amide bonds. The summed E-state index contributed by atoms with van der Waals surface area (Å²) in [5, 5.41) is 6.83. The van der Waals surface area contributed by atoms with E-state index < -0.39 is 0 Å². The molecule has 1 aromatic carbocycles. The molecule has 160 valence electrons. The van der Waals surface area contributed by atoms with Crippen LogP contribution in [-0.4, -0.2) is 25.4 Å². The summed E-state index contributed by atoms with van der Waals surface area (Å²) >= 11 is 0. The Balaban J connectivity index is 1.25. The second kappa shape index (κ2) is 9.88. The highest BCUT2D eigenvalue weighted by atomic mass is 16.5. The van der Waals surface area contributed by atoms with Gasteiger partial charge in [0, 0.05) is 43.4 Å². The maximum atomic E-state index is 12.3. The molecule has 0 radical (unpaired) electrons. The van der Waals surface area contributed by atoms with Gasteiger partial charge in [-0.25, -0.2) is 4.98 Å². The lowest BCUT2D eigenvalue weighted by Gasteiger charge is -2.08. The van der Waals surface area contributed by atoms with Gasteiger partial charge in [-0.2, -0.15) is 4.98 Å². The molecule has 8 heteroatoms. The lowest BCUT2D eigenvalue weighted by Crippen LogP contribution is -2.11. The standard InChI is InChI=1S/C23H25N5O3/c1-2-7-20-26-23(31-27-20)12-6-11-22(29)25-17-8-5-9-19(14-17)30-16-18-15-28-13-4-3-10-21(28)24-18/h3-5,8-10,13-15H,2,6-7,11-12,16H2,1H3,(H,25,29). The third kappa shape index (κ3) is 5.69. The lowest BCUT2D eigenvalue weighted by molar-refractivity contribution is -0.116. The number of aryl methyl sites for hydroxylation is 2. The van der Waals surface area contributed by atoms with Crippen LogP contribution in [0.5, 0.6) is 5.75 Å². The lowest BCUT2D eigenvalue weighted by atomic mass is 10.2. The second-order valence-electron chi connectivity index (χ2n) is 7.27. The first kappa shape index (κ1) is 20.6. The summed E-state index contributed by atoms with van der Waals surface area (Å²) in [5.74, 6) is 1.91. The van der Waals surface area contributed by atoms with E-state index in [4.69, 9.17) is 9.26 Å². The molecular weight excluding hydrogens is 394 g/mol. The van der Waals surface area contributed by atoms with Gasteiger partial charge in [-0.15, -0.1) is 0 Å². The minimum absolute atomic E-state index is 0.0641. The number of hydrogen-bond donors (Lipinski definition) is 1. The smallest absolute Gasteiger partial charge is 0.226 e. The Morgan fingerprint density at radius 1 is 1.16 bits per heavy atom. The molecule has 0 fully saturated rings. The van der Waals surface area contributed by atoms with Crippen molar-refractivity contribution in [1.82, 2.24) is 19.5 Å². The molecular formula is C23H25N5O3. The predicted octanol–water partition coefficient (Wildman–Crippen LogP) is 4.21. The number of nitrogens with one attached hydrogen (secondary N) is 1. The van der Waals surface area contributed by atoms with E-state index in [-0.39, 0.29) is 5.91 Å². The molecule has 0 spiro atoms. The molecule has 0 aliphatic heterocycles. The number of hydrogen-bond acceptors (Lipinski definition) is 6. The van der Waals surface area contributed by atoms with E-state index in [0.29, 0.717) is 43.2 Å². The van der Waals surface area contributed by atoms with Gasteiger partial charge in [0.2, 0.25) is 11.8 Å². The summed E-state index contributed by atoms with van der Waals surface area (Å²) in [7, 11) is 0. The first-order valence-electron chi connectivity index (χ1n) is 10.5. The van der Waals surface area contributed by atoms with Crippen LogP contribution in [0.4, 0.5) is 5.69 Å². The van der Waals surface area contributed by atoms with Crippen LogP contribution in [0.1, 0.15) is 43.6 Å². The molecule has 1 N–H and O–H groups in total. The molecule has 3 heterocycles. The van der Waals surface area contributed by atoms with Gasteiger partial charge in [-0.1, -0.05) is 24.2 Å². The SMILES string of the molecule is CCCc1noc(CCCC(=O)Nc2cccc(OCc3cn4ccccc4n3)c2)n1. The number of fused-ring (bicyclic) bond motifs is 1. The van der Waals surface area contributed by atoms with Gasteiger partial charge >= 0.3 is 0 Å². The molecule has 4 rings (SSSR count). The van der Waals surface area contributed by atoms with Gasteiger partial charge in [-0.3, -0.25) is 4.79 Å². The van der Waals surface area contributed by atoms with E-state index in [0.717, 1.165) is 30.0 Å². The summed E-state index contributed by atoms with van der Waals surface area (Å²) in [4.78, 5) is 21.1.